The average Bonchev–Trinajstić information content (AvgIpc) is 2.96. The van der Waals surface area contributed by atoms with Gasteiger partial charge in [0.05, 0.1) is 5.60 Å². The van der Waals surface area contributed by atoms with Crippen molar-refractivity contribution in [2.45, 2.75) is 85.5 Å². The molecular weight excluding hydrogens is 436 g/mol. The molecule has 7 unspecified atom stereocenters. The molecule has 1 fully saturated rings. The molecule has 7 nitrogen and oxygen atoms in total. The SMILES string of the molecule is CC(=O)OC1CC=C(C)C2C3C4=C(C)C(=O)OC4=CC(C)(O)C3CC(OC(=O)CC(C)C)C12C. The number of aliphatic hydroxyl groups is 1. The van der Waals surface area contributed by atoms with E-state index in [4.69, 9.17) is 14.2 Å². The fraction of sp³-hybridized carbons (Fsp3) is 0.667. The zero-order valence-corrected chi connectivity index (χ0v) is 21.1. The van der Waals surface area contributed by atoms with Gasteiger partial charge >= 0.3 is 17.9 Å². The van der Waals surface area contributed by atoms with Gasteiger partial charge in [0.15, 0.2) is 0 Å². The molecule has 34 heavy (non-hydrogen) atoms. The minimum Gasteiger partial charge on any atom is -0.462 e. The highest BCUT2D eigenvalue weighted by Gasteiger charge is 2.65. The van der Waals surface area contributed by atoms with E-state index in [-0.39, 0.29) is 36.1 Å². The fourth-order valence-electron chi connectivity index (χ4n) is 6.79. The Balaban J connectivity index is 1.88. The highest BCUT2D eigenvalue weighted by molar-refractivity contribution is 5.94. The standard InChI is InChI=1S/C27H36O7/c1-13(2)10-21(29)34-20-11-17-23(22-15(4)25(30)33-18(22)12-26(17,6)31)24-14(3)8-9-19(27(20,24)7)32-16(5)28/h8,12-13,17,19-20,23-24,31H,9-11H2,1-7H3. The molecule has 7 atom stereocenters. The second-order valence-electron chi connectivity index (χ2n) is 11.2. The van der Waals surface area contributed by atoms with Crippen LogP contribution in [-0.2, 0) is 28.6 Å². The predicted octanol–water partition coefficient (Wildman–Crippen LogP) is 4.01. The lowest BCUT2D eigenvalue weighted by Crippen LogP contribution is -2.63. The van der Waals surface area contributed by atoms with E-state index in [9.17, 15) is 19.5 Å². The van der Waals surface area contributed by atoms with Crippen molar-refractivity contribution in [3.63, 3.8) is 0 Å². The van der Waals surface area contributed by atoms with Crippen molar-refractivity contribution >= 4 is 17.9 Å². The summed E-state index contributed by atoms with van der Waals surface area (Å²) in [4.78, 5) is 37.4. The number of ether oxygens (including phenoxy) is 3. The van der Waals surface area contributed by atoms with Gasteiger partial charge in [-0.05, 0) is 45.1 Å². The summed E-state index contributed by atoms with van der Waals surface area (Å²) >= 11 is 0. The van der Waals surface area contributed by atoms with E-state index in [0.717, 1.165) is 11.1 Å². The van der Waals surface area contributed by atoms with Gasteiger partial charge in [0.2, 0.25) is 0 Å². The van der Waals surface area contributed by atoms with Gasteiger partial charge in [0.25, 0.3) is 0 Å². The number of esters is 3. The van der Waals surface area contributed by atoms with Crippen molar-refractivity contribution in [1.29, 1.82) is 0 Å². The number of fused-ring (bicyclic) bond motifs is 5. The lowest BCUT2D eigenvalue weighted by Gasteiger charge is -2.60. The van der Waals surface area contributed by atoms with Crippen LogP contribution in [0.5, 0.6) is 0 Å². The normalized spacial score (nSPS) is 38.9. The van der Waals surface area contributed by atoms with Crippen LogP contribution in [0.4, 0.5) is 0 Å². The summed E-state index contributed by atoms with van der Waals surface area (Å²) < 4.78 is 17.5. The summed E-state index contributed by atoms with van der Waals surface area (Å²) in [5.74, 6) is -1.33. The van der Waals surface area contributed by atoms with Crippen molar-refractivity contribution in [2.24, 2.45) is 29.1 Å². The topological polar surface area (TPSA) is 99.1 Å². The summed E-state index contributed by atoms with van der Waals surface area (Å²) in [6.45, 7) is 12.8. The van der Waals surface area contributed by atoms with E-state index in [1.807, 2.05) is 27.7 Å². The van der Waals surface area contributed by atoms with E-state index in [2.05, 4.69) is 6.08 Å². The molecule has 1 aliphatic heterocycles. The third-order valence-corrected chi connectivity index (χ3v) is 8.31. The molecule has 1 saturated carbocycles. The lowest BCUT2D eigenvalue weighted by atomic mass is 9.46. The lowest BCUT2D eigenvalue weighted by molar-refractivity contribution is -0.204. The summed E-state index contributed by atoms with van der Waals surface area (Å²) in [6.07, 6.45) is 3.79. The van der Waals surface area contributed by atoms with E-state index in [1.54, 1.807) is 19.9 Å². The van der Waals surface area contributed by atoms with Crippen LogP contribution in [-0.4, -0.2) is 40.8 Å². The van der Waals surface area contributed by atoms with Crippen molar-refractivity contribution in [3.8, 4) is 0 Å². The quantitative estimate of drug-likeness (QED) is 0.375. The Bertz CT molecular complexity index is 1010. The Kier molecular flexibility index (Phi) is 6.08. The van der Waals surface area contributed by atoms with Crippen LogP contribution in [0.3, 0.4) is 0 Å². The average molecular weight is 473 g/mol. The smallest absolute Gasteiger partial charge is 0.339 e. The summed E-state index contributed by atoms with van der Waals surface area (Å²) in [7, 11) is 0. The summed E-state index contributed by atoms with van der Waals surface area (Å²) in [5.41, 5.74) is 0.406. The first kappa shape index (κ1) is 24.7. The van der Waals surface area contributed by atoms with Gasteiger partial charge in [-0.1, -0.05) is 32.4 Å². The molecule has 1 N–H and O–H groups in total. The molecule has 0 saturated heterocycles. The van der Waals surface area contributed by atoms with E-state index in [0.29, 0.717) is 24.2 Å². The molecular formula is C27H36O7. The Morgan fingerprint density at radius 1 is 1.21 bits per heavy atom. The fourth-order valence-corrected chi connectivity index (χ4v) is 6.79. The zero-order valence-electron chi connectivity index (χ0n) is 21.1. The molecule has 0 aromatic heterocycles. The maximum absolute atomic E-state index is 12.9. The first-order valence-electron chi connectivity index (χ1n) is 12.2. The molecule has 0 bridgehead atoms. The van der Waals surface area contributed by atoms with Crippen molar-refractivity contribution in [2.75, 3.05) is 0 Å². The molecule has 0 aromatic rings. The largest absolute Gasteiger partial charge is 0.462 e. The minimum absolute atomic E-state index is 0.141. The van der Waals surface area contributed by atoms with Crippen LogP contribution in [0.25, 0.3) is 0 Å². The number of hydrogen-bond acceptors (Lipinski definition) is 7. The zero-order chi connectivity index (χ0) is 25.2. The molecule has 4 aliphatic rings. The van der Waals surface area contributed by atoms with Crippen LogP contribution < -0.4 is 0 Å². The molecule has 4 rings (SSSR count). The molecule has 1 heterocycles. The van der Waals surface area contributed by atoms with Crippen molar-refractivity contribution < 1.29 is 33.7 Å². The molecule has 0 spiro atoms. The first-order chi connectivity index (χ1) is 15.8. The third-order valence-electron chi connectivity index (χ3n) is 8.31. The van der Waals surface area contributed by atoms with Gasteiger partial charge in [-0.2, -0.15) is 0 Å². The van der Waals surface area contributed by atoms with Gasteiger partial charge in [-0.3, -0.25) is 9.59 Å². The summed E-state index contributed by atoms with van der Waals surface area (Å²) in [6, 6.07) is 0. The van der Waals surface area contributed by atoms with Gasteiger partial charge < -0.3 is 19.3 Å². The molecule has 0 radical (unpaired) electrons. The Morgan fingerprint density at radius 2 is 1.88 bits per heavy atom. The summed E-state index contributed by atoms with van der Waals surface area (Å²) in [5, 5.41) is 11.5. The molecule has 3 aliphatic carbocycles. The van der Waals surface area contributed by atoms with Crippen molar-refractivity contribution in [3.05, 3.63) is 34.6 Å². The van der Waals surface area contributed by atoms with Gasteiger partial charge in [0.1, 0.15) is 18.0 Å². The van der Waals surface area contributed by atoms with Crippen LogP contribution >= 0.6 is 0 Å². The van der Waals surface area contributed by atoms with E-state index < -0.39 is 35.2 Å². The number of allylic oxidation sites excluding steroid dienone is 2. The maximum atomic E-state index is 12.9. The van der Waals surface area contributed by atoms with Gasteiger partial charge in [-0.15, -0.1) is 0 Å². The molecule has 7 heteroatoms. The Hall–Kier alpha value is -2.41. The van der Waals surface area contributed by atoms with Crippen LogP contribution in [0, 0.1) is 29.1 Å². The van der Waals surface area contributed by atoms with E-state index in [1.165, 1.54) is 6.92 Å². The third kappa shape index (κ3) is 3.82. The molecule has 186 valence electrons. The second kappa shape index (κ2) is 8.36. The number of rotatable bonds is 4. The highest BCUT2D eigenvalue weighted by Crippen LogP contribution is 2.63. The number of hydrogen-bond donors (Lipinski definition) is 1. The maximum Gasteiger partial charge on any atom is 0.339 e. The minimum atomic E-state index is -1.27. The van der Waals surface area contributed by atoms with E-state index >= 15 is 0 Å². The van der Waals surface area contributed by atoms with Crippen LogP contribution in [0.2, 0.25) is 0 Å². The first-order valence-corrected chi connectivity index (χ1v) is 12.2. The van der Waals surface area contributed by atoms with Crippen LogP contribution in [0.1, 0.15) is 67.7 Å². The Morgan fingerprint density at radius 3 is 2.50 bits per heavy atom. The highest BCUT2D eigenvalue weighted by atomic mass is 16.6. The molecule has 0 aromatic carbocycles. The number of carbonyl (C=O) groups is 3. The molecule has 0 amide bonds. The van der Waals surface area contributed by atoms with Gasteiger partial charge in [0, 0.05) is 48.2 Å². The second-order valence-corrected chi connectivity index (χ2v) is 11.2. The number of carbonyl (C=O) groups excluding carboxylic acids is 3. The van der Waals surface area contributed by atoms with Crippen LogP contribution in [0.15, 0.2) is 34.6 Å². The van der Waals surface area contributed by atoms with Gasteiger partial charge in [-0.25, -0.2) is 4.79 Å². The Labute approximate surface area is 201 Å². The monoisotopic (exact) mass is 472 g/mol. The van der Waals surface area contributed by atoms with Crippen molar-refractivity contribution in [1.82, 2.24) is 0 Å². The predicted molar refractivity (Wildman–Crippen MR) is 124 cm³/mol.